The van der Waals surface area contributed by atoms with E-state index in [0.717, 1.165) is 6.42 Å². The van der Waals surface area contributed by atoms with Crippen molar-refractivity contribution in [1.82, 2.24) is 4.90 Å². The van der Waals surface area contributed by atoms with Crippen LogP contribution in [0.2, 0.25) is 0 Å². The predicted octanol–water partition coefficient (Wildman–Crippen LogP) is 0.851. The van der Waals surface area contributed by atoms with Crippen molar-refractivity contribution in [3.8, 4) is 11.5 Å². The van der Waals surface area contributed by atoms with Gasteiger partial charge in [0.25, 0.3) is 0 Å². The molecule has 1 aromatic carbocycles. The SMILES string of the molecule is Cl.NCC1CCN(C(=O)CCS(=O)(=O)c2ccc3c(c2)OCCO3)C1. The van der Waals surface area contributed by atoms with Crippen LogP contribution in [-0.2, 0) is 14.6 Å². The van der Waals surface area contributed by atoms with E-state index in [0.29, 0.717) is 50.3 Å². The van der Waals surface area contributed by atoms with E-state index in [1.54, 1.807) is 11.0 Å². The van der Waals surface area contributed by atoms with Gasteiger partial charge < -0.3 is 20.1 Å². The second-order valence-electron chi connectivity index (χ2n) is 6.10. The molecule has 0 saturated carbocycles. The Bertz CT molecular complexity index is 725. The van der Waals surface area contributed by atoms with Crippen LogP contribution >= 0.6 is 12.4 Å². The number of carbonyl (C=O) groups excluding carboxylic acids is 1. The number of nitrogens with zero attached hydrogens (tertiary/aromatic N) is 1. The molecule has 1 atom stereocenters. The van der Waals surface area contributed by atoms with Crippen LogP contribution in [0.25, 0.3) is 0 Å². The number of carbonyl (C=O) groups is 1. The van der Waals surface area contributed by atoms with Crippen molar-refractivity contribution in [2.75, 3.05) is 38.6 Å². The molecule has 2 N–H and O–H groups in total. The topological polar surface area (TPSA) is 98.9 Å². The lowest BCUT2D eigenvalue weighted by molar-refractivity contribution is -0.129. The quantitative estimate of drug-likeness (QED) is 0.800. The molecular formula is C16H23ClN2O5S. The molecule has 140 valence electrons. The summed E-state index contributed by atoms with van der Waals surface area (Å²) in [5, 5.41) is 0. The van der Waals surface area contributed by atoms with Crippen LogP contribution in [0.4, 0.5) is 0 Å². The molecule has 1 unspecified atom stereocenters. The maximum atomic E-state index is 12.5. The number of benzene rings is 1. The van der Waals surface area contributed by atoms with Crippen molar-refractivity contribution in [2.45, 2.75) is 17.7 Å². The van der Waals surface area contributed by atoms with Crippen molar-refractivity contribution < 1.29 is 22.7 Å². The summed E-state index contributed by atoms with van der Waals surface area (Å²) >= 11 is 0. The van der Waals surface area contributed by atoms with Crippen LogP contribution in [0, 0.1) is 5.92 Å². The average molecular weight is 391 g/mol. The Hall–Kier alpha value is -1.51. The molecule has 0 aromatic heterocycles. The van der Waals surface area contributed by atoms with Gasteiger partial charge in [0.2, 0.25) is 5.91 Å². The third-order valence-corrected chi connectivity index (χ3v) is 6.14. The highest BCUT2D eigenvalue weighted by atomic mass is 35.5. The molecule has 2 aliphatic heterocycles. The summed E-state index contributed by atoms with van der Waals surface area (Å²) in [7, 11) is -3.55. The van der Waals surface area contributed by atoms with E-state index in [4.69, 9.17) is 15.2 Å². The summed E-state index contributed by atoms with van der Waals surface area (Å²) in [6.45, 7) is 2.68. The summed E-state index contributed by atoms with van der Waals surface area (Å²) in [4.78, 5) is 14.1. The molecule has 9 heteroatoms. The Labute approximate surface area is 153 Å². The molecule has 1 saturated heterocycles. The van der Waals surface area contributed by atoms with E-state index in [2.05, 4.69) is 0 Å². The number of amides is 1. The number of likely N-dealkylation sites (tertiary alicyclic amines) is 1. The monoisotopic (exact) mass is 390 g/mol. The van der Waals surface area contributed by atoms with E-state index >= 15 is 0 Å². The number of sulfone groups is 1. The van der Waals surface area contributed by atoms with Gasteiger partial charge in [-0.1, -0.05) is 0 Å². The fourth-order valence-electron chi connectivity index (χ4n) is 2.97. The molecule has 2 aliphatic rings. The van der Waals surface area contributed by atoms with Gasteiger partial charge >= 0.3 is 0 Å². The highest BCUT2D eigenvalue weighted by Gasteiger charge is 2.27. The van der Waals surface area contributed by atoms with Crippen LogP contribution in [0.3, 0.4) is 0 Å². The summed E-state index contributed by atoms with van der Waals surface area (Å²) in [6.07, 6.45) is 0.866. The molecule has 0 radical (unpaired) electrons. The van der Waals surface area contributed by atoms with Gasteiger partial charge in [-0.2, -0.15) is 0 Å². The molecule has 7 nitrogen and oxygen atoms in total. The Morgan fingerprint density at radius 3 is 2.64 bits per heavy atom. The Morgan fingerprint density at radius 1 is 1.24 bits per heavy atom. The zero-order chi connectivity index (χ0) is 17.2. The standard InChI is InChI=1S/C16H22N2O5S.ClH/c17-10-12-3-5-18(11-12)16(19)4-8-24(20,21)13-1-2-14-15(9-13)23-7-6-22-14;/h1-2,9,12H,3-8,10-11,17H2;1H. The first-order valence-corrected chi connectivity index (χ1v) is 9.75. The molecule has 3 rings (SSSR count). The van der Waals surface area contributed by atoms with Crippen LogP contribution in [-0.4, -0.2) is 57.8 Å². The Kier molecular flexibility index (Phi) is 6.53. The van der Waals surface area contributed by atoms with Gasteiger partial charge in [0.1, 0.15) is 13.2 Å². The zero-order valence-electron chi connectivity index (χ0n) is 13.8. The van der Waals surface area contributed by atoms with Crippen LogP contribution in [0.15, 0.2) is 23.1 Å². The average Bonchev–Trinajstić information content (AvgIpc) is 3.08. The summed E-state index contributed by atoms with van der Waals surface area (Å²) < 4.78 is 35.7. The Balaban J connectivity index is 0.00000225. The smallest absolute Gasteiger partial charge is 0.223 e. The summed E-state index contributed by atoms with van der Waals surface area (Å²) in [5.41, 5.74) is 5.62. The minimum Gasteiger partial charge on any atom is -0.486 e. The molecule has 1 aromatic rings. The number of hydrogen-bond acceptors (Lipinski definition) is 6. The fraction of sp³-hybridized carbons (Fsp3) is 0.562. The first-order chi connectivity index (χ1) is 11.5. The fourth-order valence-corrected chi connectivity index (χ4v) is 4.21. The van der Waals surface area contributed by atoms with Gasteiger partial charge in [-0.15, -0.1) is 12.4 Å². The van der Waals surface area contributed by atoms with Gasteiger partial charge in [-0.25, -0.2) is 8.42 Å². The van der Waals surface area contributed by atoms with Gasteiger partial charge in [-0.05, 0) is 31.0 Å². The zero-order valence-corrected chi connectivity index (χ0v) is 15.5. The first kappa shape index (κ1) is 19.8. The lowest BCUT2D eigenvalue weighted by Gasteiger charge is -2.19. The van der Waals surface area contributed by atoms with Crippen molar-refractivity contribution in [1.29, 1.82) is 0 Å². The number of ether oxygens (including phenoxy) is 2. The lowest BCUT2D eigenvalue weighted by atomic mass is 10.1. The number of hydrogen-bond donors (Lipinski definition) is 1. The molecule has 0 spiro atoms. The van der Waals surface area contributed by atoms with E-state index < -0.39 is 9.84 Å². The van der Waals surface area contributed by atoms with Gasteiger partial charge in [0, 0.05) is 25.6 Å². The van der Waals surface area contributed by atoms with E-state index in [1.165, 1.54) is 12.1 Å². The largest absolute Gasteiger partial charge is 0.486 e. The van der Waals surface area contributed by atoms with Crippen molar-refractivity contribution in [3.63, 3.8) is 0 Å². The van der Waals surface area contributed by atoms with Crippen molar-refractivity contribution >= 4 is 28.2 Å². The summed E-state index contributed by atoms with van der Waals surface area (Å²) in [6, 6.07) is 4.55. The minimum atomic E-state index is -3.55. The first-order valence-electron chi connectivity index (χ1n) is 8.10. The van der Waals surface area contributed by atoms with Crippen molar-refractivity contribution in [2.24, 2.45) is 11.7 Å². The molecule has 2 heterocycles. The predicted molar refractivity (Wildman–Crippen MR) is 95.1 cm³/mol. The van der Waals surface area contributed by atoms with Crippen molar-refractivity contribution in [3.05, 3.63) is 18.2 Å². The maximum Gasteiger partial charge on any atom is 0.223 e. The third kappa shape index (κ3) is 4.56. The molecule has 0 aliphatic carbocycles. The number of rotatable bonds is 5. The minimum absolute atomic E-state index is 0. The number of nitrogens with two attached hydrogens (primary N) is 1. The number of fused-ring (bicyclic) bond motifs is 1. The van der Waals surface area contributed by atoms with Crippen LogP contribution in [0.1, 0.15) is 12.8 Å². The maximum absolute atomic E-state index is 12.5. The van der Waals surface area contributed by atoms with Gasteiger partial charge in [0.15, 0.2) is 21.3 Å². The highest BCUT2D eigenvalue weighted by Crippen LogP contribution is 2.32. The molecule has 1 amide bonds. The third-order valence-electron chi connectivity index (χ3n) is 4.43. The molecule has 25 heavy (non-hydrogen) atoms. The number of halogens is 1. The van der Waals surface area contributed by atoms with E-state index in [9.17, 15) is 13.2 Å². The highest BCUT2D eigenvalue weighted by molar-refractivity contribution is 7.91. The van der Waals surface area contributed by atoms with E-state index in [1.807, 2.05) is 0 Å². The molecular weight excluding hydrogens is 368 g/mol. The van der Waals surface area contributed by atoms with Gasteiger partial charge in [0.05, 0.1) is 10.6 Å². The lowest BCUT2D eigenvalue weighted by Crippen LogP contribution is -2.31. The van der Waals surface area contributed by atoms with Crippen LogP contribution in [0.5, 0.6) is 11.5 Å². The molecule has 0 bridgehead atoms. The van der Waals surface area contributed by atoms with Crippen LogP contribution < -0.4 is 15.2 Å². The van der Waals surface area contributed by atoms with E-state index in [-0.39, 0.29) is 35.4 Å². The second kappa shape index (κ2) is 8.25. The Morgan fingerprint density at radius 2 is 1.96 bits per heavy atom. The normalized spacial score (nSPS) is 19.4. The molecule has 1 fully saturated rings. The summed E-state index contributed by atoms with van der Waals surface area (Å²) in [5.74, 6) is 0.950. The second-order valence-corrected chi connectivity index (χ2v) is 8.21. The van der Waals surface area contributed by atoms with Gasteiger partial charge in [-0.3, -0.25) is 4.79 Å².